The van der Waals surface area contributed by atoms with Crippen molar-refractivity contribution >= 4 is 11.6 Å². The van der Waals surface area contributed by atoms with Crippen molar-refractivity contribution in [2.24, 2.45) is 5.73 Å². The second-order valence-corrected chi connectivity index (χ2v) is 5.32. The van der Waals surface area contributed by atoms with Crippen molar-refractivity contribution in [3.8, 4) is 0 Å². The van der Waals surface area contributed by atoms with Crippen molar-refractivity contribution in [1.82, 2.24) is 0 Å². The van der Waals surface area contributed by atoms with Gasteiger partial charge in [0.1, 0.15) is 5.82 Å². The van der Waals surface area contributed by atoms with E-state index >= 15 is 0 Å². The molecule has 3 heteroatoms. The van der Waals surface area contributed by atoms with Crippen LogP contribution in [0.2, 0.25) is 5.02 Å². The average molecular weight is 228 g/mol. The molecule has 1 aromatic rings. The summed E-state index contributed by atoms with van der Waals surface area (Å²) in [7, 11) is 0. The summed E-state index contributed by atoms with van der Waals surface area (Å²) in [6, 6.07) is 4.86. The van der Waals surface area contributed by atoms with Gasteiger partial charge >= 0.3 is 0 Å². The zero-order valence-electron chi connectivity index (χ0n) is 8.98. The molecule has 1 aliphatic carbocycles. The van der Waals surface area contributed by atoms with Crippen LogP contribution in [0.4, 0.5) is 4.39 Å². The van der Waals surface area contributed by atoms with Crippen molar-refractivity contribution in [3.63, 3.8) is 0 Å². The van der Waals surface area contributed by atoms with E-state index in [1.807, 2.05) is 0 Å². The molecule has 0 unspecified atom stereocenters. The first-order valence-electron chi connectivity index (χ1n) is 5.11. The molecule has 82 valence electrons. The molecule has 0 saturated heterocycles. The van der Waals surface area contributed by atoms with E-state index in [0.717, 1.165) is 18.4 Å². The molecule has 0 aliphatic heterocycles. The maximum Gasteiger partial charge on any atom is 0.141 e. The predicted octanol–water partition coefficient (Wildman–Crippen LogP) is 3.25. The van der Waals surface area contributed by atoms with Crippen molar-refractivity contribution in [1.29, 1.82) is 0 Å². The van der Waals surface area contributed by atoms with Crippen LogP contribution in [0.25, 0.3) is 0 Å². The Morgan fingerprint density at radius 3 is 2.47 bits per heavy atom. The molecule has 0 amide bonds. The van der Waals surface area contributed by atoms with E-state index in [1.165, 1.54) is 6.07 Å². The highest BCUT2D eigenvalue weighted by Crippen LogP contribution is 2.49. The van der Waals surface area contributed by atoms with Crippen LogP contribution in [-0.4, -0.2) is 5.54 Å². The molecule has 1 fully saturated rings. The summed E-state index contributed by atoms with van der Waals surface area (Å²) >= 11 is 5.77. The molecule has 1 nitrogen and oxygen atoms in total. The molecule has 1 aromatic carbocycles. The second-order valence-electron chi connectivity index (χ2n) is 4.91. The second kappa shape index (κ2) is 3.19. The topological polar surface area (TPSA) is 26.0 Å². The van der Waals surface area contributed by atoms with Gasteiger partial charge in [-0.15, -0.1) is 0 Å². The van der Waals surface area contributed by atoms with Gasteiger partial charge in [-0.2, -0.15) is 0 Å². The molecule has 0 aromatic heterocycles. The first-order chi connectivity index (χ1) is 6.87. The van der Waals surface area contributed by atoms with Crippen LogP contribution in [0, 0.1) is 5.82 Å². The van der Waals surface area contributed by atoms with Gasteiger partial charge in [0.25, 0.3) is 0 Å². The highest BCUT2D eigenvalue weighted by molar-refractivity contribution is 6.30. The molecule has 0 radical (unpaired) electrons. The Labute approximate surface area is 94.4 Å². The fraction of sp³-hybridized carbons (Fsp3) is 0.500. The number of nitrogens with two attached hydrogens (primary N) is 1. The fourth-order valence-electron chi connectivity index (χ4n) is 1.93. The zero-order chi connectivity index (χ0) is 11.3. The maximum absolute atomic E-state index is 13.0. The molecule has 0 atom stereocenters. The standard InChI is InChI=1S/C12H15ClFN/c1-11(2,12(15)5-6-12)8-3-4-10(14)9(13)7-8/h3-4,7H,5-6,15H2,1-2H3. The van der Waals surface area contributed by atoms with Crippen LogP contribution in [-0.2, 0) is 5.41 Å². The lowest BCUT2D eigenvalue weighted by Gasteiger charge is -2.32. The zero-order valence-corrected chi connectivity index (χ0v) is 9.74. The number of rotatable bonds is 2. The fourth-order valence-corrected chi connectivity index (χ4v) is 2.11. The van der Waals surface area contributed by atoms with Crippen LogP contribution in [0.5, 0.6) is 0 Å². The first kappa shape index (κ1) is 10.9. The Morgan fingerprint density at radius 1 is 1.40 bits per heavy atom. The van der Waals surface area contributed by atoms with E-state index in [-0.39, 0.29) is 21.8 Å². The third kappa shape index (κ3) is 1.66. The molecule has 0 bridgehead atoms. The number of halogens is 2. The van der Waals surface area contributed by atoms with Crippen LogP contribution in [0.3, 0.4) is 0 Å². The summed E-state index contributed by atoms with van der Waals surface area (Å²) in [6.45, 7) is 4.17. The molecular formula is C12H15ClFN. The van der Waals surface area contributed by atoms with E-state index in [2.05, 4.69) is 13.8 Å². The van der Waals surface area contributed by atoms with E-state index < -0.39 is 0 Å². The number of hydrogen-bond donors (Lipinski definition) is 1. The minimum absolute atomic E-state index is 0.145. The number of hydrogen-bond acceptors (Lipinski definition) is 1. The third-order valence-electron chi connectivity index (χ3n) is 3.67. The quantitative estimate of drug-likeness (QED) is 0.825. The Balaban J connectivity index is 2.41. The predicted molar refractivity (Wildman–Crippen MR) is 60.6 cm³/mol. The molecule has 2 N–H and O–H groups in total. The molecule has 15 heavy (non-hydrogen) atoms. The highest BCUT2D eigenvalue weighted by atomic mass is 35.5. The minimum Gasteiger partial charge on any atom is -0.324 e. The average Bonchev–Trinajstić information content (AvgIpc) is 2.90. The summed E-state index contributed by atoms with van der Waals surface area (Å²) in [5.41, 5.74) is 6.92. The largest absolute Gasteiger partial charge is 0.324 e. The van der Waals surface area contributed by atoms with Crippen molar-refractivity contribution in [2.75, 3.05) is 0 Å². The number of benzene rings is 1. The van der Waals surface area contributed by atoms with E-state index in [1.54, 1.807) is 12.1 Å². The molecule has 0 heterocycles. The molecule has 0 spiro atoms. The van der Waals surface area contributed by atoms with Gasteiger partial charge in [0.05, 0.1) is 5.02 Å². The molecule has 1 saturated carbocycles. The van der Waals surface area contributed by atoms with Crippen LogP contribution >= 0.6 is 11.6 Å². The van der Waals surface area contributed by atoms with Crippen molar-refractivity contribution < 1.29 is 4.39 Å². The lowest BCUT2D eigenvalue weighted by atomic mass is 9.76. The van der Waals surface area contributed by atoms with Gasteiger partial charge in [0, 0.05) is 11.0 Å². The lowest BCUT2D eigenvalue weighted by Crippen LogP contribution is -2.43. The van der Waals surface area contributed by atoms with Crippen molar-refractivity contribution in [3.05, 3.63) is 34.6 Å². The van der Waals surface area contributed by atoms with E-state index in [0.29, 0.717) is 0 Å². The Bertz CT molecular complexity index is 397. The normalized spacial score (nSPS) is 19.0. The van der Waals surface area contributed by atoms with E-state index in [4.69, 9.17) is 17.3 Å². The third-order valence-corrected chi connectivity index (χ3v) is 3.96. The van der Waals surface area contributed by atoms with Crippen molar-refractivity contribution in [2.45, 2.75) is 37.6 Å². The molecular weight excluding hydrogens is 213 g/mol. The van der Waals surface area contributed by atoms with Gasteiger partial charge in [-0.05, 0) is 30.5 Å². The SMILES string of the molecule is CC(C)(c1ccc(F)c(Cl)c1)C1(N)CC1. The molecule has 2 rings (SSSR count). The van der Waals surface area contributed by atoms with Gasteiger partial charge < -0.3 is 5.73 Å². The summed E-state index contributed by atoms with van der Waals surface area (Å²) < 4.78 is 13.0. The summed E-state index contributed by atoms with van der Waals surface area (Å²) in [5, 5.41) is 0.171. The Morgan fingerprint density at radius 2 is 2.00 bits per heavy atom. The monoisotopic (exact) mass is 227 g/mol. The Hall–Kier alpha value is -0.600. The van der Waals surface area contributed by atoms with E-state index in [9.17, 15) is 4.39 Å². The maximum atomic E-state index is 13.0. The van der Waals surface area contributed by atoms with Gasteiger partial charge in [-0.25, -0.2) is 4.39 Å². The van der Waals surface area contributed by atoms with Gasteiger partial charge in [0.15, 0.2) is 0 Å². The highest BCUT2D eigenvalue weighted by Gasteiger charge is 2.51. The van der Waals surface area contributed by atoms with Crippen LogP contribution in [0.1, 0.15) is 32.3 Å². The Kier molecular flexibility index (Phi) is 2.32. The minimum atomic E-state index is -0.377. The lowest BCUT2D eigenvalue weighted by molar-refractivity contribution is 0.391. The summed E-state index contributed by atoms with van der Waals surface area (Å²) in [5.74, 6) is -0.377. The van der Waals surface area contributed by atoms with Crippen LogP contribution in [0.15, 0.2) is 18.2 Å². The smallest absolute Gasteiger partial charge is 0.141 e. The van der Waals surface area contributed by atoms with Crippen LogP contribution < -0.4 is 5.73 Å². The molecule has 1 aliphatic rings. The van der Waals surface area contributed by atoms with Gasteiger partial charge in [0.2, 0.25) is 0 Å². The summed E-state index contributed by atoms with van der Waals surface area (Å²) in [6.07, 6.45) is 2.05. The first-order valence-corrected chi connectivity index (χ1v) is 5.49. The van der Waals surface area contributed by atoms with Gasteiger partial charge in [-0.1, -0.05) is 31.5 Å². The van der Waals surface area contributed by atoms with Gasteiger partial charge in [-0.3, -0.25) is 0 Å². The summed E-state index contributed by atoms with van der Waals surface area (Å²) in [4.78, 5) is 0.